The van der Waals surface area contributed by atoms with E-state index in [-0.39, 0.29) is 0 Å². The van der Waals surface area contributed by atoms with E-state index in [1.165, 1.54) is 6.42 Å². The summed E-state index contributed by atoms with van der Waals surface area (Å²) in [6.07, 6.45) is 4.81. The van der Waals surface area contributed by atoms with Crippen LogP contribution < -0.4 is 4.90 Å². The van der Waals surface area contributed by atoms with Crippen molar-refractivity contribution >= 4 is 5.82 Å². The number of nitrogens with zero attached hydrogens (tertiary/aromatic N) is 4. The zero-order valence-electron chi connectivity index (χ0n) is 12.2. The lowest BCUT2D eigenvalue weighted by Crippen LogP contribution is -2.30. The van der Waals surface area contributed by atoms with Crippen LogP contribution in [0.4, 0.5) is 5.82 Å². The number of aromatic nitrogens is 3. The predicted molar refractivity (Wildman–Crippen MR) is 80.6 cm³/mol. The first-order valence-electron chi connectivity index (χ1n) is 7.18. The summed E-state index contributed by atoms with van der Waals surface area (Å²) in [5.74, 6) is 2.51. The molecular weight excluding hydrogens is 248 g/mol. The molecule has 0 amide bonds. The lowest BCUT2D eigenvalue weighted by molar-refractivity contribution is 0.544. The minimum Gasteiger partial charge on any atom is -0.354 e. The molecule has 3 rings (SSSR count). The maximum absolute atomic E-state index is 4.75. The lowest BCUT2D eigenvalue weighted by Gasteiger charge is -2.25. The molecule has 2 unspecified atom stereocenters. The topological polar surface area (TPSA) is 41.9 Å². The third-order valence-corrected chi connectivity index (χ3v) is 4.20. The van der Waals surface area contributed by atoms with E-state index in [2.05, 4.69) is 34.8 Å². The van der Waals surface area contributed by atoms with Crippen molar-refractivity contribution in [1.82, 2.24) is 15.0 Å². The third kappa shape index (κ3) is 2.38. The summed E-state index contributed by atoms with van der Waals surface area (Å²) in [6.45, 7) is 7.68. The molecule has 0 spiro atoms. The van der Waals surface area contributed by atoms with Crippen LogP contribution in [0.15, 0.2) is 30.6 Å². The van der Waals surface area contributed by atoms with Gasteiger partial charge in [0, 0.05) is 42.3 Å². The summed E-state index contributed by atoms with van der Waals surface area (Å²) < 4.78 is 0. The molecule has 1 saturated heterocycles. The van der Waals surface area contributed by atoms with Crippen LogP contribution in [0.25, 0.3) is 11.4 Å². The Kier molecular flexibility index (Phi) is 3.38. The van der Waals surface area contributed by atoms with Crippen LogP contribution >= 0.6 is 0 Å². The molecule has 2 aromatic rings. The van der Waals surface area contributed by atoms with Gasteiger partial charge in [-0.3, -0.25) is 4.98 Å². The average molecular weight is 268 g/mol. The van der Waals surface area contributed by atoms with E-state index in [0.29, 0.717) is 12.0 Å². The predicted octanol–water partition coefficient (Wildman–Crippen LogP) is 3.08. The molecule has 104 valence electrons. The number of hydrogen-bond donors (Lipinski definition) is 0. The summed E-state index contributed by atoms with van der Waals surface area (Å²) in [7, 11) is 0. The van der Waals surface area contributed by atoms with Crippen LogP contribution in [0.2, 0.25) is 0 Å². The molecule has 3 heterocycles. The Labute approximate surface area is 119 Å². The Morgan fingerprint density at radius 3 is 2.75 bits per heavy atom. The highest BCUT2D eigenvalue weighted by molar-refractivity contribution is 5.57. The molecule has 2 aromatic heterocycles. The number of rotatable bonds is 2. The third-order valence-electron chi connectivity index (χ3n) is 4.20. The largest absolute Gasteiger partial charge is 0.354 e. The van der Waals surface area contributed by atoms with E-state index >= 15 is 0 Å². The molecule has 0 N–H and O–H groups in total. The van der Waals surface area contributed by atoms with Crippen LogP contribution in [0.5, 0.6) is 0 Å². The molecule has 20 heavy (non-hydrogen) atoms. The summed E-state index contributed by atoms with van der Waals surface area (Å²) in [6, 6.07) is 6.53. The summed E-state index contributed by atoms with van der Waals surface area (Å²) in [5, 5.41) is 0. The Balaban J connectivity index is 1.99. The zero-order chi connectivity index (χ0) is 14.1. The van der Waals surface area contributed by atoms with Gasteiger partial charge in [0.1, 0.15) is 5.82 Å². The van der Waals surface area contributed by atoms with E-state index in [1.807, 2.05) is 25.3 Å². The summed E-state index contributed by atoms with van der Waals surface area (Å²) >= 11 is 0. The fourth-order valence-electron chi connectivity index (χ4n) is 2.74. The van der Waals surface area contributed by atoms with E-state index in [4.69, 9.17) is 4.98 Å². The highest BCUT2D eigenvalue weighted by atomic mass is 15.2. The van der Waals surface area contributed by atoms with Gasteiger partial charge in [0.2, 0.25) is 0 Å². The van der Waals surface area contributed by atoms with Crippen LogP contribution in [-0.2, 0) is 0 Å². The molecule has 4 heteroatoms. The van der Waals surface area contributed by atoms with Crippen molar-refractivity contribution in [2.45, 2.75) is 33.2 Å². The number of pyridine rings is 1. The average Bonchev–Trinajstić information content (AvgIpc) is 2.79. The molecule has 1 aliphatic rings. The van der Waals surface area contributed by atoms with E-state index in [1.54, 1.807) is 6.20 Å². The molecule has 2 atom stereocenters. The van der Waals surface area contributed by atoms with Gasteiger partial charge in [-0.05, 0) is 38.3 Å². The van der Waals surface area contributed by atoms with E-state index in [0.717, 1.165) is 29.4 Å². The summed E-state index contributed by atoms with van der Waals surface area (Å²) in [5.41, 5.74) is 1.97. The van der Waals surface area contributed by atoms with Crippen molar-refractivity contribution in [3.8, 4) is 11.4 Å². The second kappa shape index (κ2) is 5.19. The molecule has 0 saturated carbocycles. The van der Waals surface area contributed by atoms with Crippen molar-refractivity contribution in [2.75, 3.05) is 11.4 Å². The van der Waals surface area contributed by atoms with Crippen LogP contribution in [0.3, 0.4) is 0 Å². The van der Waals surface area contributed by atoms with Gasteiger partial charge in [0.15, 0.2) is 5.82 Å². The highest BCUT2D eigenvalue weighted by Crippen LogP contribution is 2.29. The Bertz CT molecular complexity index is 597. The number of hydrogen-bond acceptors (Lipinski definition) is 4. The molecule has 0 bridgehead atoms. The quantitative estimate of drug-likeness (QED) is 0.839. The van der Waals surface area contributed by atoms with Gasteiger partial charge >= 0.3 is 0 Å². The van der Waals surface area contributed by atoms with E-state index in [9.17, 15) is 0 Å². The summed E-state index contributed by atoms with van der Waals surface area (Å²) in [4.78, 5) is 15.8. The first-order valence-corrected chi connectivity index (χ1v) is 7.18. The van der Waals surface area contributed by atoms with Gasteiger partial charge in [-0.2, -0.15) is 0 Å². The van der Waals surface area contributed by atoms with Crippen molar-refractivity contribution < 1.29 is 0 Å². The molecule has 0 aromatic carbocycles. The molecule has 1 fully saturated rings. The highest BCUT2D eigenvalue weighted by Gasteiger charge is 2.28. The van der Waals surface area contributed by atoms with Gasteiger partial charge in [-0.15, -0.1) is 0 Å². The number of aryl methyl sites for hydroxylation is 1. The SMILES string of the molecule is Cc1cc(N2CCC(C)C2C)nc(-c2cccnc2)n1. The minimum atomic E-state index is 0.533. The van der Waals surface area contributed by atoms with Gasteiger partial charge in [0.25, 0.3) is 0 Å². The standard InChI is InChI=1S/C16H20N4/c1-11-6-8-20(13(11)3)15-9-12(2)18-16(19-15)14-5-4-7-17-10-14/h4-5,7,9-11,13H,6,8H2,1-3H3. The second-order valence-corrected chi connectivity index (χ2v) is 5.63. The second-order valence-electron chi connectivity index (χ2n) is 5.63. The monoisotopic (exact) mass is 268 g/mol. The Hall–Kier alpha value is -1.97. The van der Waals surface area contributed by atoms with Crippen molar-refractivity contribution in [3.05, 3.63) is 36.3 Å². The molecule has 0 radical (unpaired) electrons. The fraction of sp³-hybridized carbons (Fsp3) is 0.438. The van der Waals surface area contributed by atoms with Gasteiger partial charge in [-0.25, -0.2) is 9.97 Å². The van der Waals surface area contributed by atoms with Crippen LogP contribution in [0.1, 0.15) is 26.0 Å². The minimum absolute atomic E-state index is 0.533. The fourth-order valence-corrected chi connectivity index (χ4v) is 2.74. The van der Waals surface area contributed by atoms with Crippen molar-refractivity contribution in [2.24, 2.45) is 5.92 Å². The van der Waals surface area contributed by atoms with Crippen LogP contribution in [-0.4, -0.2) is 27.5 Å². The smallest absolute Gasteiger partial charge is 0.163 e. The lowest BCUT2D eigenvalue weighted by atomic mass is 10.1. The maximum Gasteiger partial charge on any atom is 0.163 e. The first kappa shape index (κ1) is 13.0. The molecule has 0 aliphatic carbocycles. The van der Waals surface area contributed by atoms with Crippen LogP contribution in [0, 0.1) is 12.8 Å². The molecule has 4 nitrogen and oxygen atoms in total. The Morgan fingerprint density at radius 2 is 2.10 bits per heavy atom. The Morgan fingerprint density at radius 1 is 1.25 bits per heavy atom. The zero-order valence-corrected chi connectivity index (χ0v) is 12.2. The first-order chi connectivity index (χ1) is 9.65. The van der Waals surface area contributed by atoms with Gasteiger partial charge in [-0.1, -0.05) is 6.92 Å². The number of anilines is 1. The molecule has 1 aliphatic heterocycles. The molecular formula is C16H20N4. The van der Waals surface area contributed by atoms with Crippen molar-refractivity contribution in [3.63, 3.8) is 0 Å². The maximum atomic E-state index is 4.75. The van der Waals surface area contributed by atoms with Gasteiger partial charge in [0.05, 0.1) is 0 Å². The van der Waals surface area contributed by atoms with E-state index < -0.39 is 0 Å². The van der Waals surface area contributed by atoms with Gasteiger partial charge < -0.3 is 4.90 Å². The normalized spacial score (nSPS) is 22.2. The van der Waals surface area contributed by atoms with Crippen molar-refractivity contribution in [1.29, 1.82) is 0 Å².